The zero-order valence-corrected chi connectivity index (χ0v) is 17.7. The Morgan fingerprint density at radius 1 is 1.07 bits per heavy atom. The number of hydrogen-bond acceptors (Lipinski definition) is 5. The minimum absolute atomic E-state index is 0.0149. The molecule has 1 aliphatic heterocycles. The summed E-state index contributed by atoms with van der Waals surface area (Å²) in [6.45, 7) is 4.47. The van der Waals surface area contributed by atoms with Gasteiger partial charge in [0.15, 0.2) is 0 Å². The number of benzene rings is 2. The van der Waals surface area contributed by atoms with Gasteiger partial charge in [-0.2, -0.15) is 0 Å². The first-order valence-corrected chi connectivity index (χ1v) is 11.3. The summed E-state index contributed by atoms with van der Waals surface area (Å²) in [5.74, 6) is -0.673. The van der Waals surface area contributed by atoms with E-state index in [4.69, 9.17) is 4.74 Å². The maximum Gasteiger partial charge on any atom is 0.241 e. The van der Waals surface area contributed by atoms with Gasteiger partial charge in [-0.1, -0.05) is 0 Å². The number of sulfonamides is 1. The zero-order chi connectivity index (χ0) is 21.7. The second kappa shape index (κ2) is 9.17. The van der Waals surface area contributed by atoms with Crippen LogP contribution in [0.1, 0.15) is 26.7 Å². The second-order valence-corrected chi connectivity index (χ2v) is 9.02. The molecule has 0 saturated carbocycles. The molecule has 2 N–H and O–H groups in total. The molecule has 1 fully saturated rings. The van der Waals surface area contributed by atoms with E-state index >= 15 is 0 Å². The van der Waals surface area contributed by atoms with Crippen molar-refractivity contribution in [3.8, 4) is 5.75 Å². The molecule has 2 amide bonds. The van der Waals surface area contributed by atoms with Crippen LogP contribution in [0.15, 0.2) is 48.5 Å². The molecule has 0 radical (unpaired) electrons. The van der Waals surface area contributed by atoms with Gasteiger partial charge in [-0.15, -0.1) is 0 Å². The molecule has 2 aromatic carbocycles. The van der Waals surface area contributed by atoms with Crippen LogP contribution < -0.4 is 19.7 Å². The Hall–Kier alpha value is -3.07. The lowest BCUT2D eigenvalue weighted by Crippen LogP contribution is -2.27. The number of ether oxygens (including phenoxy) is 1. The fourth-order valence-corrected chi connectivity index (χ4v) is 4.09. The maximum absolute atomic E-state index is 12.3. The summed E-state index contributed by atoms with van der Waals surface area (Å²) in [6.07, 6.45) is 1.38. The number of hydrogen-bond donors (Lipinski definition) is 2. The zero-order valence-electron chi connectivity index (χ0n) is 16.9. The third-order valence-electron chi connectivity index (χ3n) is 4.36. The Bertz CT molecular complexity index is 1000. The lowest BCUT2D eigenvalue weighted by molar-refractivity contribution is -0.117. The van der Waals surface area contributed by atoms with Gasteiger partial charge >= 0.3 is 0 Å². The summed E-state index contributed by atoms with van der Waals surface area (Å²) < 4.78 is 32.5. The first kappa shape index (κ1) is 21.6. The SMILES string of the molecule is CC(C)Oc1ccc(NS(=O)(=O)CC(=O)Nc2ccc(N3CCCC3=O)cc2)cc1. The monoisotopic (exact) mass is 431 g/mol. The van der Waals surface area contributed by atoms with E-state index in [1.165, 1.54) is 0 Å². The highest BCUT2D eigenvalue weighted by molar-refractivity contribution is 7.93. The minimum atomic E-state index is -3.87. The number of anilines is 3. The van der Waals surface area contributed by atoms with E-state index in [2.05, 4.69) is 10.0 Å². The first-order chi connectivity index (χ1) is 14.2. The Labute approximate surface area is 176 Å². The molecule has 30 heavy (non-hydrogen) atoms. The van der Waals surface area contributed by atoms with E-state index < -0.39 is 21.7 Å². The molecule has 0 bridgehead atoms. The minimum Gasteiger partial charge on any atom is -0.491 e. The molecule has 1 heterocycles. The maximum atomic E-state index is 12.3. The van der Waals surface area contributed by atoms with Crippen molar-refractivity contribution in [1.82, 2.24) is 0 Å². The molecule has 0 spiro atoms. The molecular formula is C21H25N3O5S. The Kier molecular flexibility index (Phi) is 6.61. The highest BCUT2D eigenvalue weighted by atomic mass is 32.2. The highest BCUT2D eigenvalue weighted by Crippen LogP contribution is 2.23. The van der Waals surface area contributed by atoms with Crippen LogP contribution in [0.3, 0.4) is 0 Å². The van der Waals surface area contributed by atoms with Crippen molar-refractivity contribution in [2.24, 2.45) is 0 Å². The fourth-order valence-electron chi connectivity index (χ4n) is 3.10. The van der Waals surface area contributed by atoms with Gasteiger partial charge in [-0.3, -0.25) is 14.3 Å². The van der Waals surface area contributed by atoms with Gasteiger partial charge < -0.3 is 15.0 Å². The van der Waals surface area contributed by atoms with Crippen LogP contribution in [0.4, 0.5) is 17.1 Å². The van der Waals surface area contributed by atoms with Crippen molar-refractivity contribution >= 4 is 38.9 Å². The van der Waals surface area contributed by atoms with Crippen LogP contribution in [0.2, 0.25) is 0 Å². The number of rotatable bonds is 8. The molecule has 8 nitrogen and oxygen atoms in total. The average molecular weight is 432 g/mol. The van der Waals surface area contributed by atoms with Crippen LogP contribution in [0, 0.1) is 0 Å². The van der Waals surface area contributed by atoms with Gasteiger partial charge in [0.1, 0.15) is 11.5 Å². The van der Waals surface area contributed by atoms with E-state index in [0.717, 1.165) is 12.1 Å². The van der Waals surface area contributed by atoms with Gasteiger partial charge in [0.25, 0.3) is 0 Å². The van der Waals surface area contributed by atoms with E-state index in [1.807, 2.05) is 13.8 Å². The molecule has 3 rings (SSSR count). The highest BCUT2D eigenvalue weighted by Gasteiger charge is 2.22. The van der Waals surface area contributed by atoms with E-state index in [9.17, 15) is 18.0 Å². The van der Waals surface area contributed by atoms with Crippen LogP contribution >= 0.6 is 0 Å². The van der Waals surface area contributed by atoms with E-state index in [1.54, 1.807) is 53.4 Å². The Balaban J connectivity index is 1.55. The van der Waals surface area contributed by atoms with E-state index in [0.29, 0.717) is 30.1 Å². The summed E-state index contributed by atoms with van der Waals surface area (Å²) in [4.78, 5) is 25.6. The molecule has 0 aliphatic carbocycles. The predicted octanol–water partition coefficient (Wildman–Crippen LogP) is 2.98. The molecule has 2 aromatic rings. The van der Waals surface area contributed by atoms with E-state index in [-0.39, 0.29) is 12.0 Å². The lowest BCUT2D eigenvalue weighted by Gasteiger charge is -2.16. The van der Waals surface area contributed by atoms with Crippen LogP contribution in [0.5, 0.6) is 5.75 Å². The molecule has 160 valence electrons. The molecule has 1 saturated heterocycles. The smallest absolute Gasteiger partial charge is 0.241 e. The second-order valence-electron chi connectivity index (χ2n) is 7.30. The molecule has 0 aromatic heterocycles. The number of nitrogens with zero attached hydrogens (tertiary/aromatic N) is 1. The van der Waals surface area contributed by atoms with Crippen molar-refractivity contribution < 1.29 is 22.7 Å². The molecule has 0 unspecified atom stereocenters. The standard InChI is InChI=1S/C21H25N3O5S/c1-15(2)29-19-11-7-17(8-12-19)23-30(27,28)14-20(25)22-16-5-9-18(10-6-16)24-13-3-4-21(24)26/h5-12,15,23H,3-4,13-14H2,1-2H3,(H,22,25). The van der Waals surface area contributed by atoms with Gasteiger partial charge in [0, 0.05) is 30.0 Å². The van der Waals surface area contributed by atoms with Crippen molar-refractivity contribution in [1.29, 1.82) is 0 Å². The van der Waals surface area contributed by atoms with Crippen molar-refractivity contribution in [3.63, 3.8) is 0 Å². The summed E-state index contributed by atoms with van der Waals surface area (Å²) in [5, 5.41) is 2.56. The number of carbonyl (C=O) groups excluding carboxylic acids is 2. The van der Waals surface area contributed by atoms with Gasteiger partial charge in [0.05, 0.1) is 6.10 Å². The van der Waals surface area contributed by atoms with Crippen molar-refractivity contribution in [2.75, 3.05) is 27.2 Å². The third-order valence-corrected chi connectivity index (χ3v) is 5.55. The van der Waals surface area contributed by atoms with Gasteiger partial charge in [0.2, 0.25) is 21.8 Å². The largest absolute Gasteiger partial charge is 0.491 e. The lowest BCUT2D eigenvalue weighted by atomic mass is 10.2. The summed E-state index contributed by atoms with van der Waals surface area (Å²) in [7, 11) is -3.87. The molecule has 0 atom stereocenters. The number of carbonyl (C=O) groups is 2. The number of amides is 2. The quantitative estimate of drug-likeness (QED) is 0.669. The summed E-state index contributed by atoms with van der Waals surface area (Å²) in [6, 6.07) is 13.2. The molecular weight excluding hydrogens is 406 g/mol. The fraction of sp³-hybridized carbons (Fsp3) is 0.333. The average Bonchev–Trinajstić information content (AvgIpc) is 3.09. The topological polar surface area (TPSA) is 105 Å². The third kappa shape index (κ3) is 5.96. The van der Waals surface area contributed by atoms with Crippen LogP contribution in [-0.4, -0.2) is 38.6 Å². The van der Waals surface area contributed by atoms with Crippen molar-refractivity contribution in [2.45, 2.75) is 32.8 Å². The molecule has 1 aliphatic rings. The Morgan fingerprint density at radius 3 is 2.27 bits per heavy atom. The molecule has 9 heteroatoms. The summed E-state index contributed by atoms with van der Waals surface area (Å²) in [5.41, 5.74) is 1.56. The van der Waals surface area contributed by atoms with Gasteiger partial charge in [-0.05, 0) is 68.8 Å². The van der Waals surface area contributed by atoms with Crippen molar-refractivity contribution in [3.05, 3.63) is 48.5 Å². The predicted molar refractivity (Wildman–Crippen MR) is 116 cm³/mol. The Morgan fingerprint density at radius 2 is 1.70 bits per heavy atom. The normalized spacial score (nSPS) is 14.1. The first-order valence-electron chi connectivity index (χ1n) is 9.69. The summed E-state index contributed by atoms with van der Waals surface area (Å²) >= 11 is 0. The van der Waals surface area contributed by atoms with Crippen LogP contribution in [0.25, 0.3) is 0 Å². The number of nitrogens with one attached hydrogen (secondary N) is 2. The van der Waals surface area contributed by atoms with Crippen LogP contribution in [-0.2, 0) is 19.6 Å². The van der Waals surface area contributed by atoms with Gasteiger partial charge in [-0.25, -0.2) is 8.42 Å².